The maximum Gasteiger partial charge on any atom is 0.257 e. The molecule has 1 aliphatic rings. The Bertz CT molecular complexity index is 886. The van der Waals surface area contributed by atoms with Gasteiger partial charge in [-0.15, -0.1) is 0 Å². The van der Waals surface area contributed by atoms with Gasteiger partial charge in [0.05, 0.1) is 12.1 Å². The van der Waals surface area contributed by atoms with Crippen molar-refractivity contribution < 1.29 is 23.5 Å². The molecule has 3 rings (SSSR count). The van der Waals surface area contributed by atoms with Crippen LogP contribution >= 0.6 is 0 Å². The molecule has 1 fully saturated rings. The topological polar surface area (TPSA) is 78.4 Å². The molecule has 2 aromatic carbocycles. The molecule has 1 aliphatic carbocycles. The third-order valence-electron chi connectivity index (χ3n) is 5.87. The van der Waals surface area contributed by atoms with Crippen LogP contribution < -0.4 is 10.6 Å². The molecule has 5 nitrogen and oxygen atoms in total. The molecule has 0 unspecified atom stereocenters. The molecule has 3 N–H and O–H groups in total. The van der Waals surface area contributed by atoms with Gasteiger partial charge in [0.25, 0.3) is 5.91 Å². The van der Waals surface area contributed by atoms with Crippen molar-refractivity contribution in [2.24, 2.45) is 0 Å². The van der Waals surface area contributed by atoms with Gasteiger partial charge in [0.2, 0.25) is 5.91 Å². The minimum absolute atomic E-state index is 0.156. The average Bonchev–Trinajstić information content (AvgIpc) is 2.87. The number of carbonyl (C=O) groups excluding carboxylic acids is 2. The Balaban J connectivity index is 1.85. The van der Waals surface area contributed by atoms with E-state index in [9.17, 15) is 23.5 Å². The predicted molar refractivity (Wildman–Crippen MR) is 109 cm³/mol. The van der Waals surface area contributed by atoms with Crippen molar-refractivity contribution in [3.63, 3.8) is 0 Å². The van der Waals surface area contributed by atoms with Gasteiger partial charge in [0, 0.05) is 18.9 Å². The maximum atomic E-state index is 14.0. The van der Waals surface area contributed by atoms with Gasteiger partial charge >= 0.3 is 0 Å². The lowest BCUT2D eigenvalue weighted by Gasteiger charge is -2.34. The summed E-state index contributed by atoms with van der Waals surface area (Å²) in [5.41, 5.74) is -0.173. The van der Waals surface area contributed by atoms with Crippen molar-refractivity contribution in [1.82, 2.24) is 10.6 Å². The maximum absolute atomic E-state index is 14.0. The second kappa shape index (κ2) is 9.34. The van der Waals surface area contributed by atoms with Gasteiger partial charge in [-0.25, -0.2) is 8.78 Å². The summed E-state index contributed by atoms with van der Waals surface area (Å²) in [6.45, 7) is 1.56. The van der Waals surface area contributed by atoms with Crippen molar-refractivity contribution in [2.45, 2.75) is 50.2 Å². The van der Waals surface area contributed by atoms with Crippen LogP contribution in [0.15, 0.2) is 48.5 Å². The SMILES string of the molecule is CC(=O)N[C@H]1CC[C@](CNC(=O)c2c(F)cccc2F)(c2ccccc2)CC[C@@H]1O. The van der Waals surface area contributed by atoms with Gasteiger partial charge in [-0.2, -0.15) is 0 Å². The summed E-state index contributed by atoms with van der Waals surface area (Å²) in [5, 5.41) is 16.0. The Labute approximate surface area is 174 Å². The van der Waals surface area contributed by atoms with Gasteiger partial charge in [0.1, 0.15) is 17.2 Å². The fraction of sp³-hybridized carbons (Fsp3) is 0.391. The third-order valence-corrected chi connectivity index (χ3v) is 5.87. The number of halogens is 2. The molecule has 2 amide bonds. The number of carbonyl (C=O) groups is 2. The molecule has 0 aromatic heterocycles. The largest absolute Gasteiger partial charge is 0.391 e. The molecule has 0 bridgehead atoms. The van der Waals surface area contributed by atoms with E-state index in [-0.39, 0.29) is 18.5 Å². The number of amides is 2. The van der Waals surface area contributed by atoms with Gasteiger partial charge in [0.15, 0.2) is 0 Å². The lowest BCUT2D eigenvalue weighted by Crippen LogP contribution is -2.42. The number of nitrogens with one attached hydrogen (secondary N) is 2. The van der Waals surface area contributed by atoms with E-state index in [1.165, 1.54) is 13.0 Å². The Kier molecular flexibility index (Phi) is 6.82. The second-order valence-electron chi connectivity index (χ2n) is 7.88. The Morgan fingerprint density at radius 2 is 1.67 bits per heavy atom. The lowest BCUT2D eigenvalue weighted by molar-refractivity contribution is -0.120. The van der Waals surface area contributed by atoms with Crippen LogP contribution in [-0.4, -0.2) is 35.6 Å². The van der Waals surface area contributed by atoms with E-state index < -0.39 is 34.6 Å². The quantitative estimate of drug-likeness (QED) is 0.656. The number of aliphatic hydroxyl groups excluding tert-OH is 1. The molecular formula is C23H26F2N2O3. The average molecular weight is 416 g/mol. The minimum atomic E-state index is -0.914. The highest BCUT2D eigenvalue weighted by molar-refractivity contribution is 5.94. The Hall–Kier alpha value is -2.80. The van der Waals surface area contributed by atoms with Crippen molar-refractivity contribution in [3.8, 4) is 0 Å². The first-order valence-corrected chi connectivity index (χ1v) is 10.1. The van der Waals surface area contributed by atoms with E-state index in [1.54, 1.807) is 0 Å². The molecule has 0 heterocycles. The standard InChI is InChI=1S/C23H26F2N2O3/c1-15(28)27-19-10-12-23(13-11-20(19)29,16-6-3-2-4-7-16)14-26-22(30)21-17(24)8-5-9-18(21)25/h2-9,19-20,29H,10-14H2,1H3,(H,26,30)(H,27,28)/t19-,20-,23-/m0/s1. The first kappa shape index (κ1) is 21.9. The van der Waals surface area contributed by atoms with Crippen LogP contribution in [0.5, 0.6) is 0 Å². The Morgan fingerprint density at radius 1 is 1.03 bits per heavy atom. The van der Waals surface area contributed by atoms with Crippen molar-refractivity contribution >= 4 is 11.8 Å². The molecule has 160 valence electrons. The Morgan fingerprint density at radius 3 is 2.30 bits per heavy atom. The second-order valence-corrected chi connectivity index (χ2v) is 7.88. The van der Waals surface area contributed by atoms with Crippen molar-refractivity contribution in [1.29, 1.82) is 0 Å². The summed E-state index contributed by atoms with van der Waals surface area (Å²) in [5.74, 6) is -2.86. The summed E-state index contributed by atoms with van der Waals surface area (Å²) in [6, 6.07) is 12.5. The molecule has 1 saturated carbocycles. The van der Waals surface area contributed by atoms with Gasteiger partial charge in [-0.3, -0.25) is 9.59 Å². The summed E-state index contributed by atoms with van der Waals surface area (Å²) in [6.07, 6.45) is 1.36. The third kappa shape index (κ3) is 4.84. The highest BCUT2D eigenvalue weighted by atomic mass is 19.1. The normalized spacial score (nSPS) is 24.0. The van der Waals surface area contributed by atoms with Gasteiger partial charge in [-0.05, 0) is 43.4 Å². The van der Waals surface area contributed by atoms with Crippen LogP contribution in [0, 0.1) is 11.6 Å². The molecule has 30 heavy (non-hydrogen) atoms. The zero-order chi connectivity index (χ0) is 21.7. The van der Waals surface area contributed by atoms with E-state index >= 15 is 0 Å². The first-order chi connectivity index (χ1) is 14.3. The number of hydrogen-bond acceptors (Lipinski definition) is 3. The van der Waals surface area contributed by atoms with E-state index in [0.717, 1.165) is 17.7 Å². The summed E-state index contributed by atoms with van der Waals surface area (Å²) in [4.78, 5) is 24.1. The van der Waals surface area contributed by atoms with Crippen LogP contribution in [0.4, 0.5) is 8.78 Å². The number of benzene rings is 2. The van der Waals surface area contributed by atoms with E-state index in [4.69, 9.17) is 0 Å². The molecule has 0 radical (unpaired) electrons. The van der Waals surface area contributed by atoms with Crippen LogP contribution in [-0.2, 0) is 10.2 Å². The fourth-order valence-corrected chi connectivity index (χ4v) is 4.22. The zero-order valence-electron chi connectivity index (χ0n) is 16.8. The van der Waals surface area contributed by atoms with Crippen LogP contribution in [0.1, 0.15) is 48.5 Å². The molecule has 7 heteroatoms. The summed E-state index contributed by atoms with van der Waals surface area (Å²) >= 11 is 0. The van der Waals surface area contributed by atoms with Crippen molar-refractivity contribution in [3.05, 3.63) is 71.3 Å². The van der Waals surface area contributed by atoms with Crippen molar-refractivity contribution in [2.75, 3.05) is 6.54 Å². The first-order valence-electron chi connectivity index (χ1n) is 10.1. The zero-order valence-corrected chi connectivity index (χ0v) is 16.8. The molecule has 0 spiro atoms. The molecular weight excluding hydrogens is 390 g/mol. The monoisotopic (exact) mass is 416 g/mol. The smallest absolute Gasteiger partial charge is 0.257 e. The number of rotatable bonds is 5. The summed E-state index contributed by atoms with van der Waals surface area (Å²) < 4.78 is 28.0. The lowest BCUT2D eigenvalue weighted by atomic mass is 9.74. The van der Waals surface area contributed by atoms with Crippen LogP contribution in [0.3, 0.4) is 0 Å². The van der Waals surface area contributed by atoms with E-state index in [0.29, 0.717) is 25.7 Å². The summed E-state index contributed by atoms with van der Waals surface area (Å²) in [7, 11) is 0. The fourth-order valence-electron chi connectivity index (χ4n) is 4.22. The molecule has 0 saturated heterocycles. The number of aliphatic hydroxyl groups is 1. The molecule has 2 aromatic rings. The molecule has 0 aliphatic heterocycles. The number of hydrogen-bond donors (Lipinski definition) is 3. The van der Waals surface area contributed by atoms with Crippen LogP contribution in [0.25, 0.3) is 0 Å². The van der Waals surface area contributed by atoms with Gasteiger partial charge in [-0.1, -0.05) is 36.4 Å². The minimum Gasteiger partial charge on any atom is -0.391 e. The van der Waals surface area contributed by atoms with Gasteiger partial charge < -0.3 is 15.7 Å². The van der Waals surface area contributed by atoms with Crippen LogP contribution in [0.2, 0.25) is 0 Å². The highest BCUT2D eigenvalue weighted by Gasteiger charge is 2.38. The van der Waals surface area contributed by atoms with E-state index in [1.807, 2.05) is 30.3 Å². The highest BCUT2D eigenvalue weighted by Crippen LogP contribution is 2.38. The molecule has 3 atom stereocenters. The van der Waals surface area contributed by atoms with E-state index in [2.05, 4.69) is 10.6 Å². The predicted octanol–water partition coefficient (Wildman–Crippen LogP) is 3.07.